The molecule has 0 aromatic heterocycles. The van der Waals surface area contributed by atoms with Gasteiger partial charge in [0, 0.05) is 0 Å². The highest BCUT2D eigenvalue weighted by atomic mass is 79.9. The number of nitrogens with one attached hydrogen (secondary N) is 1. The highest BCUT2D eigenvalue weighted by molar-refractivity contribution is 9.10. The molecule has 0 heterocycles. The van der Waals surface area contributed by atoms with Crippen molar-refractivity contribution >= 4 is 15.9 Å². The molecule has 0 spiro atoms. The summed E-state index contributed by atoms with van der Waals surface area (Å²) in [6, 6.07) is 6.44. The second-order valence-electron chi connectivity index (χ2n) is 5.67. The molecule has 0 saturated carbocycles. The van der Waals surface area contributed by atoms with Gasteiger partial charge in [0.25, 0.3) is 0 Å². The molecule has 0 saturated heterocycles. The first-order chi connectivity index (χ1) is 9.63. The van der Waals surface area contributed by atoms with Crippen molar-refractivity contribution in [3.05, 3.63) is 28.2 Å². The topological polar surface area (TPSA) is 21.3 Å². The summed E-state index contributed by atoms with van der Waals surface area (Å²) < 4.78 is 6.73. The van der Waals surface area contributed by atoms with E-state index in [-0.39, 0.29) is 0 Å². The lowest BCUT2D eigenvalue weighted by atomic mass is 10.1. The molecule has 0 aliphatic heterocycles. The fraction of sp³-hybridized carbons (Fsp3) is 0.647. The normalized spacial score (nSPS) is 11.1. The van der Waals surface area contributed by atoms with Crippen molar-refractivity contribution in [2.75, 3.05) is 19.7 Å². The molecule has 0 radical (unpaired) electrons. The van der Waals surface area contributed by atoms with Crippen LogP contribution in [-0.4, -0.2) is 19.7 Å². The fourth-order valence-corrected chi connectivity index (χ4v) is 2.54. The van der Waals surface area contributed by atoms with Gasteiger partial charge in [0.2, 0.25) is 0 Å². The first-order valence-electron chi connectivity index (χ1n) is 7.75. The zero-order valence-electron chi connectivity index (χ0n) is 13.0. The molecule has 0 bridgehead atoms. The van der Waals surface area contributed by atoms with Gasteiger partial charge in [-0.05, 0) is 78.3 Å². The summed E-state index contributed by atoms with van der Waals surface area (Å²) >= 11 is 3.59. The fourth-order valence-electron chi connectivity index (χ4n) is 2.00. The van der Waals surface area contributed by atoms with Crippen molar-refractivity contribution in [2.45, 2.75) is 46.5 Å². The monoisotopic (exact) mass is 341 g/mol. The molecule has 1 N–H and O–H groups in total. The maximum absolute atomic E-state index is 5.66. The second kappa shape index (κ2) is 10.2. The smallest absolute Gasteiger partial charge is 0.133 e. The molecule has 1 rings (SSSR count). The Kier molecular flexibility index (Phi) is 8.95. The quantitative estimate of drug-likeness (QED) is 0.616. The van der Waals surface area contributed by atoms with Crippen LogP contribution < -0.4 is 10.1 Å². The Morgan fingerprint density at radius 1 is 1.25 bits per heavy atom. The van der Waals surface area contributed by atoms with Gasteiger partial charge in [0.05, 0.1) is 11.1 Å². The van der Waals surface area contributed by atoms with Crippen molar-refractivity contribution in [3.8, 4) is 5.75 Å². The van der Waals surface area contributed by atoms with Crippen LogP contribution in [0.25, 0.3) is 0 Å². The average molecular weight is 342 g/mol. The van der Waals surface area contributed by atoms with Crippen LogP contribution in [0.1, 0.15) is 45.6 Å². The summed E-state index contributed by atoms with van der Waals surface area (Å²) in [6.07, 6.45) is 4.64. The number of unbranched alkanes of at least 4 members (excludes halogenated alkanes) is 1. The summed E-state index contributed by atoms with van der Waals surface area (Å²) in [7, 11) is 0. The summed E-state index contributed by atoms with van der Waals surface area (Å²) in [5.41, 5.74) is 1.38. The lowest BCUT2D eigenvalue weighted by Gasteiger charge is -2.09. The highest BCUT2D eigenvalue weighted by Crippen LogP contribution is 2.26. The van der Waals surface area contributed by atoms with Crippen molar-refractivity contribution < 1.29 is 4.74 Å². The molecule has 1 aromatic rings. The number of halogens is 1. The lowest BCUT2D eigenvalue weighted by molar-refractivity contribution is 0.315. The van der Waals surface area contributed by atoms with E-state index in [2.05, 4.69) is 60.2 Å². The van der Waals surface area contributed by atoms with Gasteiger partial charge in [-0.15, -0.1) is 0 Å². The SMILES string of the molecule is CCCOc1ccc(CCCCNCC(C)C)cc1Br. The van der Waals surface area contributed by atoms with Gasteiger partial charge in [0.1, 0.15) is 5.75 Å². The second-order valence-corrected chi connectivity index (χ2v) is 6.52. The molecule has 1 aromatic carbocycles. The van der Waals surface area contributed by atoms with Crippen LogP contribution in [0.15, 0.2) is 22.7 Å². The molecule has 114 valence electrons. The van der Waals surface area contributed by atoms with E-state index in [4.69, 9.17) is 4.74 Å². The van der Waals surface area contributed by atoms with Crippen molar-refractivity contribution in [3.63, 3.8) is 0 Å². The van der Waals surface area contributed by atoms with Crippen LogP contribution in [0.2, 0.25) is 0 Å². The van der Waals surface area contributed by atoms with Crippen LogP contribution in [-0.2, 0) is 6.42 Å². The van der Waals surface area contributed by atoms with Crippen LogP contribution in [0.5, 0.6) is 5.75 Å². The van der Waals surface area contributed by atoms with Gasteiger partial charge in [0.15, 0.2) is 0 Å². The van der Waals surface area contributed by atoms with Crippen molar-refractivity contribution in [1.29, 1.82) is 0 Å². The maximum atomic E-state index is 5.66. The Morgan fingerprint density at radius 2 is 2.05 bits per heavy atom. The van der Waals surface area contributed by atoms with Gasteiger partial charge < -0.3 is 10.1 Å². The zero-order chi connectivity index (χ0) is 14.8. The number of ether oxygens (including phenoxy) is 1. The van der Waals surface area contributed by atoms with Crippen molar-refractivity contribution in [1.82, 2.24) is 5.32 Å². The van der Waals surface area contributed by atoms with E-state index in [0.29, 0.717) is 0 Å². The van der Waals surface area contributed by atoms with Gasteiger partial charge in [-0.3, -0.25) is 0 Å². The predicted molar refractivity (Wildman–Crippen MR) is 90.6 cm³/mol. The van der Waals surface area contributed by atoms with Gasteiger partial charge >= 0.3 is 0 Å². The van der Waals surface area contributed by atoms with E-state index in [1.165, 1.54) is 18.4 Å². The van der Waals surface area contributed by atoms with E-state index in [9.17, 15) is 0 Å². The van der Waals surface area contributed by atoms with Crippen LogP contribution >= 0.6 is 15.9 Å². The minimum atomic E-state index is 0.738. The Hall–Kier alpha value is -0.540. The third-order valence-corrected chi connectivity index (χ3v) is 3.70. The number of benzene rings is 1. The summed E-state index contributed by atoms with van der Waals surface area (Å²) in [6.45, 7) is 9.63. The van der Waals surface area contributed by atoms with E-state index < -0.39 is 0 Å². The lowest BCUT2D eigenvalue weighted by Crippen LogP contribution is -2.20. The van der Waals surface area contributed by atoms with Gasteiger partial charge in [-0.1, -0.05) is 26.8 Å². The molecule has 0 unspecified atom stereocenters. The van der Waals surface area contributed by atoms with Gasteiger partial charge in [-0.2, -0.15) is 0 Å². The van der Waals surface area contributed by atoms with Crippen molar-refractivity contribution in [2.24, 2.45) is 5.92 Å². The van der Waals surface area contributed by atoms with E-state index in [0.717, 1.165) is 48.7 Å². The minimum absolute atomic E-state index is 0.738. The minimum Gasteiger partial charge on any atom is -0.492 e. The van der Waals surface area contributed by atoms with Crippen LogP contribution in [0.4, 0.5) is 0 Å². The molecule has 0 amide bonds. The molecule has 0 aliphatic carbocycles. The summed E-state index contributed by atoms with van der Waals surface area (Å²) in [5, 5.41) is 3.49. The van der Waals surface area contributed by atoms with E-state index in [1.54, 1.807) is 0 Å². The maximum Gasteiger partial charge on any atom is 0.133 e. The third-order valence-electron chi connectivity index (χ3n) is 3.08. The Morgan fingerprint density at radius 3 is 2.70 bits per heavy atom. The third kappa shape index (κ3) is 7.30. The first-order valence-corrected chi connectivity index (χ1v) is 8.54. The summed E-state index contributed by atoms with van der Waals surface area (Å²) in [5.74, 6) is 1.69. The molecule has 0 aliphatic rings. The standard InChI is InChI=1S/C17H28BrNO/c1-4-11-20-17-9-8-15(12-16(17)18)7-5-6-10-19-13-14(2)3/h8-9,12,14,19H,4-7,10-11,13H2,1-3H3. The number of rotatable bonds is 10. The molecule has 2 nitrogen and oxygen atoms in total. The molecule has 0 fully saturated rings. The highest BCUT2D eigenvalue weighted by Gasteiger charge is 2.02. The summed E-state index contributed by atoms with van der Waals surface area (Å²) in [4.78, 5) is 0. The van der Waals surface area contributed by atoms with Gasteiger partial charge in [-0.25, -0.2) is 0 Å². The molecule has 0 atom stereocenters. The number of aryl methyl sites for hydroxylation is 1. The first kappa shape index (κ1) is 17.5. The van der Waals surface area contributed by atoms with Crippen LogP contribution in [0.3, 0.4) is 0 Å². The Labute approximate surface area is 132 Å². The van der Waals surface area contributed by atoms with Crippen LogP contribution in [0, 0.1) is 5.92 Å². The molecule has 20 heavy (non-hydrogen) atoms. The van der Waals surface area contributed by atoms with E-state index >= 15 is 0 Å². The Balaban J connectivity index is 2.25. The largest absolute Gasteiger partial charge is 0.492 e. The zero-order valence-corrected chi connectivity index (χ0v) is 14.6. The van der Waals surface area contributed by atoms with E-state index in [1.807, 2.05) is 0 Å². The molecular formula is C17H28BrNO. The Bertz CT molecular complexity index is 379. The molecule has 3 heteroatoms. The number of hydrogen-bond acceptors (Lipinski definition) is 2. The number of hydrogen-bond donors (Lipinski definition) is 1. The predicted octanol–water partition coefficient (Wildman–Crippen LogP) is 4.81. The molecular weight excluding hydrogens is 314 g/mol. The average Bonchev–Trinajstić information content (AvgIpc) is 2.41.